The van der Waals surface area contributed by atoms with E-state index in [-0.39, 0.29) is 24.0 Å². The number of nitrogens with zero attached hydrogens (tertiary/aromatic N) is 1. The van der Waals surface area contributed by atoms with Crippen LogP contribution in [-0.2, 0) is 0 Å². The van der Waals surface area contributed by atoms with Gasteiger partial charge in [0.25, 0.3) is 0 Å². The molecule has 1 aliphatic heterocycles. The maximum Gasteiger partial charge on any atom is 0.0786 e. The Kier molecular flexibility index (Phi) is 5.69. The number of quaternary nitrogens is 1. The standard InChI is InChI=1S/C9H20N.HI/c1-3-10(4-2)8-6-5-7-9-10;/h3-9H2,1-2H3;1H/q+1;/p-1. The lowest BCUT2D eigenvalue weighted by molar-refractivity contribution is -0.929. The minimum Gasteiger partial charge on any atom is -1.00 e. The van der Waals surface area contributed by atoms with E-state index in [1.165, 1.54) is 49.9 Å². The third kappa shape index (κ3) is 2.90. The zero-order chi connectivity index (χ0) is 7.45. The smallest absolute Gasteiger partial charge is 0.0786 e. The lowest BCUT2D eigenvalue weighted by Gasteiger charge is -2.39. The van der Waals surface area contributed by atoms with Crippen molar-refractivity contribution in [1.29, 1.82) is 0 Å². The molecule has 0 bridgehead atoms. The molecular formula is C9H20IN. The third-order valence-corrected chi connectivity index (χ3v) is 3.11. The van der Waals surface area contributed by atoms with E-state index < -0.39 is 0 Å². The van der Waals surface area contributed by atoms with Gasteiger partial charge < -0.3 is 28.5 Å². The number of halogens is 1. The predicted molar refractivity (Wildman–Crippen MR) is 44.9 cm³/mol. The first kappa shape index (κ1) is 11.7. The summed E-state index contributed by atoms with van der Waals surface area (Å²) in [6.07, 6.45) is 4.39. The summed E-state index contributed by atoms with van der Waals surface area (Å²) < 4.78 is 1.39. The molecule has 0 aromatic heterocycles. The van der Waals surface area contributed by atoms with E-state index in [1.54, 1.807) is 0 Å². The summed E-state index contributed by atoms with van der Waals surface area (Å²) in [6, 6.07) is 0. The molecule has 1 fully saturated rings. The minimum absolute atomic E-state index is 0. The summed E-state index contributed by atoms with van der Waals surface area (Å²) in [5.41, 5.74) is 0. The van der Waals surface area contributed by atoms with Gasteiger partial charge in [-0.2, -0.15) is 0 Å². The van der Waals surface area contributed by atoms with Crippen molar-refractivity contribution in [2.45, 2.75) is 33.1 Å². The van der Waals surface area contributed by atoms with E-state index >= 15 is 0 Å². The predicted octanol–water partition coefficient (Wildman–Crippen LogP) is -0.969. The van der Waals surface area contributed by atoms with Gasteiger partial charge in [-0.25, -0.2) is 0 Å². The van der Waals surface area contributed by atoms with Gasteiger partial charge in [0.05, 0.1) is 26.2 Å². The molecule has 0 aliphatic carbocycles. The molecule has 1 nitrogen and oxygen atoms in total. The summed E-state index contributed by atoms with van der Waals surface area (Å²) in [4.78, 5) is 0. The topological polar surface area (TPSA) is 0 Å². The molecule has 68 valence electrons. The highest BCUT2D eigenvalue weighted by atomic mass is 127. The first-order chi connectivity index (χ1) is 4.83. The quantitative estimate of drug-likeness (QED) is 0.447. The van der Waals surface area contributed by atoms with Gasteiger partial charge in [-0.3, -0.25) is 0 Å². The highest BCUT2D eigenvalue weighted by molar-refractivity contribution is 4.51. The molecule has 0 N–H and O–H groups in total. The van der Waals surface area contributed by atoms with E-state index in [9.17, 15) is 0 Å². The van der Waals surface area contributed by atoms with Crippen LogP contribution in [0.2, 0.25) is 0 Å². The molecule has 0 radical (unpaired) electrons. The molecule has 1 rings (SSSR count). The van der Waals surface area contributed by atoms with Crippen LogP contribution in [0.3, 0.4) is 0 Å². The fraction of sp³-hybridized carbons (Fsp3) is 1.00. The highest BCUT2D eigenvalue weighted by Gasteiger charge is 2.24. The molecule has 11 heavy (non-hydrogen) atoms. The normalized spacial score (nSPS) is 22.4. The molecule has 0 saturated carbocycles. The van der Waals surface area contributed by atoms with Crippen LogP contribution in [0, 0.1) is 0 Å². The van der Waals surface area contributed by atoms with Gasteiger partial charge in [0.15, 0.2) is 0 Å². The van der Waals surface area contributed by atoms with Crippen molar-refractivity contribution >= 4 is 0 Å². The Hall–Kier alpha value is 0.690. The molecule has 0 spiro atoms. The fourth-order valence-corrected chi connectivity index (χ4v) is 2.04. The van der Waals surface area contributed by atoms with Crippen molar-refractivity contribution in [2.75, 3.05) is 26.2 Å². The Balaban J connectivity index is 0.000001000. The largest absolute Gasteiger partial charge is 1.00 e. The zero-order valence-corrected chi connectivity index (χ0v) is 9.93. The van der Waals surface area contributed by atoms with Gasteiger partial charge in [-0.15, -0.1) is 0 Å². The van der Waals surface area contributed by atoms with Gasteiger partial charge >= 0.3 is 0 Å². The summed E-state index contributed by atoms with van der Waals surface area (Å²) in [7, 11) is 0. The molecule has 0 amide bonds. The second-order valence-corrected chi connectivity index (χ2v) is 3.48. The van der Waals surface area contributed by atoms with Crippen molar-refractivity contribution in [1.82, 2.24) is 0 Å². The maximum atomic E-state index is 2.33. The van der Waals surface area contributed by atoms with Gasteiger partial charge in [-0.1, -0.05) is 0 Å². The van der Waals surface area contributed by atoms with Crippen LogP contribution < -0.4 is 24.0 Å². The lowest BCUT2D eigenvalue weighted by atomic mass is 10.1. The van der Waals surface area contributed by atoms with E-state index in [4.69, 9.17) is 0 Å². The monoisotopic (exact) mass is 269 g/mol. The molecule has 0 atom stereocenters. The Labute approximate surface area is 87.8 Å². The van der Waals surface area contributed by atoms with E-state index in [0.717, 1.165) is 0 Å². The Morgan fingerprint density at radius 3 is 1.64 bits per heavy atom. The highest BCUT2D eigenvalue weighted by Crippen LogP contribution is 2.17. The first-order valence-electron chi connectivity index (χ1n) is 4.68. The molecular weight excluding hydrogens is 249 g/mol. The summed E-state index contributed by atoms with van der Waals surface area (Å²) in [5.74, 6) is 0. The molecule has 0 aromatic carbocycles. The summed E-state index contributed by atoms with van der Waals surface area (Å²) >= 11 is 0. The second-order valence-electron chi connectivity index (χ2n) is 3.48. The maximum absolute atomic E-state index is 2.33. The number of likely N-dealkylation sites (tertiary alicyclic amines) is 1. The zero-order valence-electron chi connectivity index (χ0n) is 7.77. The Bertz CT molecular complexity index is 91.7. The fourth-order valence-electron chi connectivity index (χ4n) is 2.04. The number of hydrogen-bond donors (Lipinski definition) is 0. The third-order valence-electron chi connectivity index (χ3n) is 3.11. The molecule has 1 aliphatic rings. The second kappa shape index (κ2) is 5.36. The van der Waals surface area contributed by atoms with Crippen LogP contribution in [0.1, 0.15) is 33.1 Å². The van der Waals surface area contributed by atoms with Crippen molar-refractivity contribution in [3.63, 3.8) is 0 Å². The lowest BCUT2D eigenvalue weighted by Crippen LogP contribution is -3.00. The van der Waals surface area contributed by atoms with E-state index in [2.05, 4.69) is 13.8 Å². The van der Waals surface area contributed by atoms with Crippen LogP contribution in [0.5, 0.6) is 0 Å². The molecule has 0 unspecified atom stereocenters. The first-order valence-corrected chi connectivity index (χ1v) is 4.68. The average molecular weight is 269 g/mol. The van der Waals surface area contributed by atoms with Gasteiger partial charge in [-0.05, 0) is 33.1 Å². The van der Waals surface area contributed by atoms with Crippen LogP contribution >= 0.6 is 0 Å². The van der Waals surface area contributed by atoms with Crippen LogP contribution in [0.4, 0.5) is 0 Å². The number of piperidine rings is 1. The van der Waals surface area contributed by atoms with Gasteiger partial charge in [0.1, 0.15) is 0 Å². The number of hydrogen-bond acceptors (Lipinski definition) is 0. The summed E-state index contributed by atoms with van der Waals surface area (Å²) in [5, 5.41) is 0. The molecule has 1 heterocycles. The Morgan fingerprint density at radius 1 is 0.909 bits per heavy atom. The van der Waals surface area contributed by atoms with Crippen LogP contribution in [-0.4, -0.2) is 30.7 Å². The molecule has 0 aromatic rings. The van der Waals surface area contributed by atoms with Gasteiger partial charge in [0, 0.05) is 0 Å². The van der Waals surface area contributed by atoms with Crippen LogP contribution in [0.15, 0.2) is 0 Å². The van der Waals surface area contributed by atoms with Crippen molar-refractivity contribution in [2.24, 2.45) is 0 Å². The number of rotatable bonds is 2. The van der Waals surface area contributed by atoms with E-state index in [0.29, 0.717) is 0 Å². The summed E-state index contributed by atoms with van der Waals surface area (Å²) in [6.45, 7) is 10.2. The van der Waals surface area contributed by atoms with Crippen molar-refractivity contribution in [3.05, 3.63) is 0 Å². The van der Waals surface area contributed by atoms with Crippen molar-refractivity contribution in [3.8, 4) is 0 Å². The minimum atomic E-state index is 0. The van der Waals surface area contributed by atoms with Crippen molar-refractivity contribution < 1.29 is 28.5 Å². The average Bonchev–Trinajstić information content (AvgIpc) is 2.06. The van der Waals surface area contributed by atoms with Gasteiger partial charge in [0.2, 0.25) is 0 Å². The van der Waals surface area contributed by atoms with Crippen LogP contribution in [0.25, 0.3) is 0 Å². The molecule has 2 heteroatoms. The van der Waals surface area contributed by atoms with E-state index in [1.807, 2.05) is 0 Å². The molecule has 1 saturated heterocycles. The Morgan fingerprint density at radius 2 is 1.36 bits per heavy atom. The SMILES string of the molecule is CC[N+]1(CC)CCCCC1.[I-].